The van der Waals surface area contributed by atoms with Crippen LogP contribution in [-0.2, 0) is 11.4 Å². The van der Waals surface area contributed by atoms with Gasteiger partial charge in [-0.25, -0.2) is 5.43 Å². The van der Waals surface area contributed by atoms with Gasteiger partial charge < -0.3 is 4.74 Å². The molecule has 4 aromatic carbocycles. The maximum Gasteiger partial charge on any atom is 0.252 e. The summed E-state index contributed by atoms with van der Waals surface area (Å²) in [5.74, 6) is 0.157. The van der Waals surface area contributed by atoms with Gasteiger partial charge in [0, 0.05) is 4.47 Å². The standard InChI is InChI=1S/C28H23BrN2O2/c29-25-15-11-22(12-16-25)20-33-26-17-13-21(14-18-26)19-30-31-28(32)27(23-7-3-1-4-8-23)24-9-5-2-6-10-24/h1-19,27H,20H2,(H,31,32)/b30-19+. The molecular formula is C28H23BrN2O2. The number of nitrogens with zero attached hydrogens (tertiary/aromatic N) is 1. The molecule has 33 heavy (non-hydrogen) atoms. The number of rotatable bonds is 8. The lowest BCUT2D eigenvalue weighted by Crippen LogP contribution is -2.26. The smallest absolute Gasteiger partial charge is 0.252 e. The summed E-state index contributed by atoms with van der Waals surface area (Å²) in [7, 11) is 0. The Morgan fingerprint density at radius 1 is 0.818 bits per heavy atom. The summed E-state index contributed by atoms with van der Waals surface area (Å²) < 4.78 is 6.87. The number of halogens is 1. The van der Waals surface area contributed by atoms with E-state index in [1.54, 1.807) is 6.21 Å². The van der Waals surface area contributed by atoms with Crippen molar-refractivity contribution in [3.8, 4) is 5.75 Å². The second kappa shape index (κ2) is 11.2. The van der Waals surface area contributed by atoms with Gasteiger partial charge in [0.2, 0.25) is 0 Å². The summed E-state index contributed by atoms with van der Waals surface area (Å²) in [5.41, 5.74) is 6.49. The highest BCUT2D eigenvalue weighted by atomic mass is 79.9. The number of carbonyl (C=O) groups excluding carboxylic acids is 1. The minimum absolute atomic E-state index is 0.182. The zero-order chi connectivity index (χ0) is 22.9. The number of carbonyl (C=O) groups is 1. The molecule has 0 aromatic heterocycles. The fraction of sp³-hybridized carbons (Fsp3) is 0.0714. The van der Waals surface area contributed by atoms with E-state index in [2.05, 4.69) is 26.5 Å². The van der Waals surface area contributed by atoms with Crippen molar-refractivity contribution in [1.29, 1.82) is 0 Å². The molecular weight excluding hydrogens is 476 g/mol. The molecule has 0 aliphatic heterocycles. The van der Waals surface area contributed by atoms with Gasteiger partial charge >= 0.3 is 0 Å². The third-order valence-corrected chi connectivity index (χ3v) is 5.64. The highest BCUT2D eigenvalue weighted by Gasteiger charge is 2.22. The fourth-order valence-electron chi connectivity index (χ4n) is 3.42. The number of hydrazone groups is 1. The minimum atomic E-state index is -0.432. The van der Waals surface area contributed by atoms with Crippen molar-refractivity contribution in [2.24, 2.45) is 5.10 Å². The maximum atomic E-state index is 13.0. The Hall–Kier alpha value is -3.70. The monoisotopic (exact) mass is 498 g/mol. The largest absolute Gasteiger partial charge is 0.489 e. The van der Waals surface area contributed by atoms with Crippen LogP contribution in [0.3, 0.4) is 0 Å². The van der Waals surface area contributed by atoms with E-state index in [1.165, 1.54) is 0 Å². The summed E-state index contributed by atoms with van der Waals surface area (Å²) in [6.07, 6.45) is 1.63. The predicted molar refractivity (Wildman–Crippen MR) is 135 cm³/mol. The van der Waals surface area contributed by atoms with Crippen LogP contribution < -0.4 is 10.2 Å². The van der Waals surface area contributed by atoms with Crippen molar-refractivity contribution >= 4 is 28.1 Å². The number of hydrogen-bond donors (Lipinski definition) is 1. The van der Waals surface area contributed by atoms with E-state index < -0.39 is 5.92 Å². The Morgan fingerprint density at radius 3 is 1.97 bits per heavy atom. The molecule has 164 valence electrons. The van der Waals surface area contributed by atoms with Gasteiger partial charge in [-0.2, -0.15) is 5.10 Å². The van der Waals surface area contributed by atoms with Gasteiger partial charge in [-0.3, -0.25) is 4.79 Å². The lowest BCUT2D eigenvalue weighted by atomic mass is 9.91. The van der Waals surface area contributed by atoms with E-state index in [0.717, 1.165) is 32.5 Å². The molecule has 1 amide bonds. The van der Waals surface area contributed by atoms with Crippen LogP contribution >= 0.6 is 15.9 Å². The second-order valence-electron chi connectivity index (χ2n) is 7.47. The zero-order valence-electron chi connectivity index (χ0n) is 17.9. The molecule has 0 saturated carbocycles. The molecule has 0 unspecified atom stereocenters. The molecule has 0 heterocycles. The average molecular weight is 499 g/mol. The predicted octanol–water partition coefficient (Wildman–Crippen LogP) is 6.31. The van der Waals surface area contributed by atoms with Gasteiger partial charge in [-0.15, -0.1) is 0 Å². The van der Waals surface area contributed by atoms with Crippen molar-refractivity contribution in [3.05, 3.63) is 136 Å². The normalized spacial score (nSPS) is 11.0. The Labute approximate surface area is 202 Å². The quantitative estimate of drug-likeness (QED) is 0.228. The van der Waals surface area contributed by atoms with Crippen LogP contribution in [0.5, 0.6) is 5.75 Å². The third-order valence-electron chi connectivity index (χ3n) is 5.12. The molecule has 0 fully saturated rings. The van der Waals surface area contributed by atoms with Crippen LogP contribution in [0.25, 0.3) is 0 Å². The van der Waals surface area contributed by atoms with Crippen LogP contribution in [-0.4, -0.2) is 12.1 Å². The number of amides is 1. The Bertz CT molecular complexity index is 1150. The van der Waals surface area contributed by atoms with Gasteiger partial charge in [0.15, 0.2) is 0 Å². The third kappa shape index (κ3) is 6.40. The molecule has 0 aliphatic rings. The molecule has 0 atom stereocenters. The molecule has 4 nitrogen and oxygen atoms in total. The van der Waals surface area contributed by atoms with Crippen molar-refractivity contribution in [1.82, 2.24) is 5.43 Å². The van der Waals surface area contributed by atoms with Gasteiger partial charge in [0.25, 0.3) is 5.91 Å². The first-order valence-corrected chi connectivity index (χ1v) is 11.4. The van der Waals surface area contributed by atoms with E-state index >= 15 is 0 Å². The minimum Gasteiger partial charge on any atom is -0.489 e. The van der Waals surface area contributed by atoms with Gasteiger partial charge in [-0.1, -0.05) is 88.7 Å². The fourth-order valence-corrected chi connectivity index (χ4v) is 3.68. The summed E-state index contributed by atoms with van der Waals surface area (Å²) in [6.45, 7) is 0.497. The van der Waals surface area contributed by atoms with Crippen LogP contribution in [0.1, 0.15) is 28.2 Å². The first kappa shape index (κ1) is 22.5. The summed E-state index contributed by atoms with van der Waals surface area (Å²) in [5, 5.41) is 4.18. The van der Waals surface area contributed by atoms with Crippen LogP contribution in [0.4, 0.5) is 0 Å². The first-order chi connectivity index (χ1) is 16.2. The molecule has 4 aromatic rings. The molecule has 5 heteroatoms. The Balaban J connectivity index is 1.37. The number of benzene rings is 4. The van der Waals surface area contributed by atoms with Crippen molar-refractivity contribution in [3.63, 3.8) is 0 Å². The number of ether oxygens (including phenoxy) is 1. The lowest BCUT2D eigenvalue weighted by molar-refractivity contribution is -0.121. The van der Waals surface area contributed by atoms with Gasteiger partial charge in [-0.05, 0) is 58.7 Å². The van der Waals surface area contributed by atoms with Crippen LogP contribution in [0.2, 0.25) is 0 Å². The molecule has 0 bridgehead atoms. The summed E-state index contributed by atoms with van der Waals surface area (Å²) >= 11 is 3.43. The number of hydrogen-bond acceptors (Lipinski definition) is 3. The van der Waals surface area contributed by atoms with Crippen molar-refractivity contribution < 1.29 is 9.53 Å². The van der Waals surface area contributed by atoms with E-state index in [0.29, 0.717) is 6.61 Å². The molecule has 4 rings (SSSR count). The summed E-state index contributed by atoms with van der Waals surface area (Å²) in [4.78, 5) is 13.0. The molecule has 1 N–H and O–H groups in total. The molecule has 0 aliphatic carbocycles. The Kier molecular flexibility index (Phi) is 7.67. The van der Waals surface area contributed by atoms with Crippen LogP contribution in [0, 0.1) is 0 Å². The highest BCUT2D eigenvalue weighted by Crippen LogP contribution is 2.24. The lowest BCUT2D eigenvalue weighted by Gasteiger charge is -2.16. The molecule has 0 saturated heterocycles. The zero-order valence-corrected chi connectivity index (χ0v) is 19.5. The van der Waals surface area contributed by atoms with E-state index in [1.807, 2.05) is 109 Å². The molecule has 0 radical (unpaired) electrons. The average Bonchev–Trinajstić information content (AvgIpc) is 2.86. The Morgan fingerprint density at radius 2 is 1.39 bits per heavy atom. The maximum absolute atomic E-state index is 13.0. The second-order valence-corrected chi connectivity index (χ2v) is 8.39. The molecule has 0 spiro atoms. The van der Waals surface area contributed by atoms with Gasteiger partial charge in [0.1, 0.15) is 12.4 Å². The van der Waals surface area contributed by atoms with Crippen molar-refractivity contribution in [2.75, 3.05) is 0 Å². The topological polar surface area (TPSA) is 50.7 Å². The summed E-state index contributed by atoms with van der Waals surface area (Å²) in [6, 6.07) is 35.0. The first-order valence-electron chi connectivity index (χ1n) is 10.6. The van der Waals surface area contributed by atoms with E-state index in [4.69, 9.17) is 4.74 Å². The van der Waals surface area contributed by atoms with Crippen molar-refractivity contribution in [2.45, 2.75) is 12.5 Å². The number of nitrogens with one attached hydrogen (secondary N) is 1. The van der Waals surface area contributed by atoms with Gasteiger partial charge in [0.05, 0.1) is 12.1 Å². The highest BCUT2D eigenvalue weighted by molar-refractivity contribution is 9.10. The van der Waals surface area contributed by atoms with E-state index in [9.17, 15) is 4.79 Å². The van der Waals surface area contributed by atoms with Crippen LogP contribution in [0.15, 0.2) is 119 Å². The SMILES string of the molecule is O=C(N/N=C/c1ccc(OCc2ccc(Br)cc2)cc1)C(c1ccccc1)c1ccccc1. The van der Waals surface area contributed by atoms with E-state index in [-0.39, 0.29) is 5.91 Å².